The molecule has 24 atom stereocenters. The Bertz CT molecular complexity index is 6360. The van der Waals surface area contributed by atoms with E-state index in [2.05, 4.69) is 180 Å². The molecule has 0 saturated carbocycles. The van der Waals surface area contributed by atoms with Gasteiger partial charge in [0.05, 0.1) is 30.5 Å². The van der Waals surface area contributed by atoms with Gasteiger partial charge in [-0.3, -0.25) is 86.1 Å². The van der Waals surface area contributed by atoms with Crippen molar-refractivity contribution in [2.75, 3.05) is 145 Å². The molecule has 6 aliphatic rings. The van der Waals surface area contributed by atoms with Crippen LogP contribution in [0.25, 0.3) is 0 Å². The number of aliphatic hydroxyl groups is 11. The van der Waals surface area contributed by atoms with Crippen LogP contribution in [0.4, 0.5) is 0 Å². The first-order chi connectivity index (χ1) is 68.4. The summed E-state index contributed by atoms with van der Waals surface area (Å²) in [6.07, 6.45) is 19.9. The van der Waals surface area contributed by atoms with E-state index in [9.17, 15) is 114 Å². The predicted octanol–water partition coefficient (Wildman–Crippen LogP) is -2.02. The zero-order valence-electron chi connectivity index (χ0n) is 87.5. The standard InChI is InChI=1S/C17H27N2O6P.C16H25N2O6P.C16H25N2O5PS.C15H26N3O5P.C15H26N3O4PS.C15H25N3O4PSe/c1-10(20)8-11-9-19(17(23)18-15(11)22)16-14(24-2)13(21)12(25-16)6-7-26(3,4)5;1-9(19)7-10-8-18(16(23)17-14(10)22)15-13(21)12(20)11(24-15)5-6-25(2,3)4;1-9(19)7-10-8-18(16(25)17-14(10)22)15-13(21)12(20)11(23-15)5-6-24(2,3)4;1-16-7-9-8-18(15(22)17-13(9)21)14-12(20)11(19)10(23-14)5-6-24(2,3)4;2*1-16-7-9-8-18(15(24)17-13(9)21)14-12(20)11(19)10(22-14)5-6-23(2,3)4/h9,12-14,16,21H,3,6-8H2,1-2,4-5H3,(H,18,22,23);8,11-13,15,20-21H,2,5-7H2,1,3-4H3,(H,17,22,23);8,11-13,15,20-21H,2,5-7H2,1,3-4H3,(H,17,22,25);8,10-12,14,16,19-20H,2,5-7H2,1,3-4H3,(H,17,21,22);8,10-12,14,16,19-20H,2,5-7H2,1,3-4H3,(H,17,21,24);8,10-12,14,16,19-20H,2,5-7H2,1,3-4H3/t12?,13-,14-,16?;2*11?,12-,13-,15?;3*10?,11-,12-,14?/m111111/s1. The number of ether oxygens (including phenoxy) is 7. The van der Waals surface area contributed by atoms with E-state index in [0.717, 1.165) is 46.1 Å². The van der Waals surface area contributed by atoms with Gasteiger partial charge in [-0.05, 0) is 189 Å². The van der Waals surface area contributed by atoms with Crippen LogP contribution in [0.5, 0.6) is 0 Å². The molecule has 6 aromatic rings. The second-order valence-electron chi connectivity index (χ2n) is 42.3. The third kappa shape index (κ3) is 37.2. The third-order valence-corrected chi connectivity index (χ3v) is 34.7. The average molecular weight is 2300 g/mol. The molecule has 833 valence electrons. The molecular formula is C94H154N15O30P6S2Se. The van der Waals surface area contributed by atoms with E-state index in [1.807, 2.05) is 0 Å². The Hall–Kier alpha value is -6.39. The van der Waals surface area contributed by atoms with Crippen molar-refractivity contribution in [3.05, 3.63) is 174 Å². The van der Waals surface area contributed by atoms with Crippen molar-refractivity contribution in [2.24, 2.45) is 0 Å². The zero-order valence-corrected chi connectivity index (χ0v) is 96.2. The van der Waals surface area contributed by atoms with Gasteiger partial charge in [0.1, 0.15) is 78.4 Å². The number of hydrogen-bond acceptors (Lipinski definition) is 36. The molecule has 6 aliphatic heterocycles. The van der Waals surface area contributed by atoms with Gasteiger partial charge in [0.15, 0.2) is 40.7 Å². The summed E-state index contributed by atoms with van der Waals surface area (Å²) in [5.74, 6) is -0.597. The Morgan fingerprint density at radius 3 is 0.824 bits per heavy atom. The quantitative estimate of drug-likeness (QED) is 0.0114. The molecule has 6 fully saturated rings. The van der Waals surface area contributed by atoms with Crippen molar-refractivity contribution in [3.8, 4) is 0 Å². The summed E-state index contributed by atoms with van der Waals surface area (Å²) in [4.78, 5) is 157. The van der Waals surface area contributed by atoms with Gasteiger partial charge >= 0.3 is 167 Å². The van der Waals surface area contributed by atoms with E-state index in [1.54, 1.807) is 38.1 Å². The molecule has 19 N–H and O–H groups in total. The number of nitrogens with zero attached hydrogens (tertiary/aromatic N) is 7. The van der Waals surface area contributed by atoms with Crippen molar-refractivity contribution in [3.63, 3.8) is 0 Å². The summed E-state index contributed by atoms with van der Waals surface area (Å²) in [6, 6.07) is 0. The van der Waals surface area contributed by atoms with Crippen molar-refractivity contribution in [1.82, 2.24) is 73.3 Å². The first kappa shape index (κ1) is 128. The maximum atomic E-state index is 12.3. The summed E-state index contributed by atoms with van der Waals surface area (Å²) in [6.45, 7) is 22.5. The van der Waals surface area contributed by atoms with Gasteiger partial charge in [0, 0.05) is 98.3 Å². The first-order valence-corrected chi connectivity index (χ1v) is 67.8. The van der Waals surface area contributed by atoms with Gasteiger partial charge < -0.3 is 85.0 Å². The number of carbonyl (C=O) groups is 3. The Balaban J connectivity index is 0.000000240. The normalized spacial score (nSPS) is 27.0. The number of H-pyrrole nitrogens is 5. The van der Waals surface area contributed by atoms with Crippen LogP contribution in [0.1, 0.15) is 130 Å². The average Bonchev–Trinajstić information content (AvgIpc) is 1.66. The van der Waals surface area contributed by atoms with Crippen LogP contribution in [0.15, 0.2) is 80.3 Å². The zero-order chi connectivity index (χ0) is 112. The summed E-state index contributed by atoms with van der Waals surface area (Å²) in [7, 11) is 6.58. The van der Waals surface area contributed by atoms with E-state index >= 15 is 0 Å². The molecule has 12 unspecified atom stereocenters. The molecule has 0 aromatic carbocycles. The molecule has 45 nitrogen and oxygen atoms in total. The first-order valence-electron chi connectivity index (χ1n) is 47.8. The molecule has 54 heteroatoms. The molecule has 1 radical (unpaired) electrons. The van der Waals surface area contributed by atoms with Crippen LogP contribution < -0.4 is 71.1 Å². The van der Waals surface area contributed by atoms with Crippen molar-refractivity contribution in [2.45, 2.75) is 245 Å². The Morgan fingerprint density at radius 1 is 0.345 bits per heavy atom. The number of methoxy groups -OCH3 is 1. The minimum atomic E-state index is -1.32. The van der Waals surface area contributed by atoms with E-state index in [1.165, 1.54) is 66.4 Å². The number of aromatic nitrogens is 12. The van der Waals surface area contributed by atoms with Gasteiger partial charge in [-0.25, -0.2) is 14.4 Å². The Labute approximate surface area is 877 Å². The minimum absolute atomic E-state index is 0.0417. The molecule has 0 amide bonds. The second-order valence-corrected chi connectivity index (χ2v) is 69.7. The van der Waals surface area contributed by atoms with Crippen LogP contribution in [-0.2, 0) is 86.4 Å². The van der Waals surface area contributed by atoms with Crippen LogP contribution in [-0.4, -0.2) is 440 Å². The second kappa shape index (κ2) is 55.3. The molecular weight excluding hydrogens is 2150 g/mol. The van der Waals surface area contributed by atoms with Crippen molar-refractivity contribution in [1.29, 1.82) is 0 Å². The monoisotopic (exact) mass is 2300 g/mol. The third-order valence-electron chi connectivity index (χ3n) is 24.6. The Kier molecular flexibility index (Phi) is 48.0. The fourth-order valence-corrected chi connectivity index (χ4v) is 23.4. The SMILES string of the molecule is C=P(C)(C)CCC1OC(n2cc(CC(C)=O)c(=O)[nH]c2=O)[C@H](O)[C@@H]1O.C=P(C)(C)CCC1OC(n2cc(CC(C)=O)c(=O)[nH]c2=O)[C@H](OC)[C@@H]1O.C=P(C)(C)CCC1OC(n2cc(CC(C)=O)c(=O)[nH]c2=S)[C@H](O)[C@@H]1O.C=P(C)(C)CCC1OC(n2cc(CNC)c(=O)[nH]c2=O)[C@H](O)[C@@H]1O.C=P(C)(C)CCC1OC(n2cc(CNC)c(=O)[nH]c2=S)[C@H](O)[C@@H]1O.C=P(C)(C)CCC1OC(n2cc(CNC)c(=O)nc2[Se])[C@H](O)[C@@H]1O. The number of aromatic amines is 5. The molecule has 0 bridgehead atoms. The molecule has 148 heavy (non-hydrogen) atoms. The van der Waals surface area contributed by atoms with Crippen LogP contribution in [0.2, 0.25) is 0 Å². The summed E-state index contributed by atoms with van der Waals surface area (Å²) < 4.78 is 48.6. The predicted molar refractivity (Wildman–Crippen MR) is 594 cm³/mol. The number of aliphatic hydroxyl groups excluding tert-OH is 11. The van der Waals surface area contributed by atoms with E-state index in [0.29, 0.717) is 73.0 Å². The fraction of sp³-hybridized carbons (Fsp3) is 0.649. The molecule has 12 heterocycles. The number of Topliss-reactive ketones (excluding diaryl/α,β-unsaturated/α-hetero) is 3. The van der Waals surface area contributed by atoms with E-state index in [-0.39, 0.29) is 80.5 Å². The summed E-state index contributed by atoms with van der Waals surface area (Å²) in [5.41, 5.74) is -3.12. The number of ketones is 3. The van der Waals surface area contributed by atoms with Crippen LogP contribution in [0, 0.1) is 9.54 Å². The molecule has 6 saturated heterocycles. The van der Waals surface area contributed by atoms with Gasteiger partial charge in [-0.1, -0.05) is 0 Å². The Morgan fingerprint density at radius 2 is 0.554 bits per heavy atom. The van der Waals surface area contributed by atoms with Crippen LogP contribution in [0.3, 0.4) is 0 Å². The van der Waals surface area contributed by atoms with Gasteiger partial charge in [0.25, 0.3) is 27.8 Å². The van der Waals surface area contributed by atoms with E-state index < -0.39 is 228 Å². The number of hydrogen-bond donors (Lipinski definition) is 19. The fourth-order valence-electron chi connectivity index (χ4n) is 16.7. The molecule has 12 rings (SSSR count). The topological polar surface area (TPSA) is 649 Å². The van der Waals surface area contributed by atoms with Gasteiger partial charge in [-0.2, -0.15) is 0 Å². The van der Waals surface area contributed by atoms with E-state index in [4.69, 9.17) is 57.6 Å². The number of nitrogens with one attached hydrogen (secondary N) is 8. The summed E-state index contributed by atoms with van der Waals surface area (Å²) in [5, 5.41) is 122. The molecule has 0 aliphatic carbocycles. The summed E-state index contributed by atoms with van der Waals surface area (Å²) >= 11 is 13.1. The van der Waals surface area contributed by atoms with Gasteiger partial charge in [0.2, 0.25) is 0 Å². The molecule has 6 aromatic heterocycles. The maximum absolute atomic E-state index is 12.3. The number of rotatable bonds is 37. The van der Waals surface area contributed by atoms with Crippen molar-refractivity contribution < 1.29 is 104 Å². The van der Waals surface area contributed by atoms with Gasteiger partial charge in [-0.15, -0.1) is 65.9 Å². The molecule has 0 spiro atoms. The van der Waals surface area contributed by atoms with Crippen molar-refractivity contribution >= 4 is 142 Å². The van der Waals surface area contributed by atoms with Crippen LogP contribution >= 0.6 is 65.8 Å². The number of carbonyl (C=O) groups excluding carboxylic acids is 3.